The summed E-state index contributed by atoms with van der Waals surface area (Å²) in [6.07, 6.45) is 3.51. The average Bonchev–Trinajstić information content (AvgIpc) is 3.53. The zero-order chi connectivity index (χ0) is 24.6. The van der Waals surface area contributed by atoms with Gasteiger partial charge in [-0.15, -0.1) is 10.2 Å². The van der Waals surface area contributed by atoms with Crippen LogP contribution in [0.25, 0.3) is 0 Å². The number of carbonyl (C=O) groups is 1. The van der Waals surface area contributed by atoms with Gasteiger partial charge in [0.25, 0.3) is 0 Å². The predicted octanol–water partition coefficient (Wildman–Crippen LogP) is -0.517. The fraction of sp³-hybridized carbons (Fsp3) is 0.375. The Morgan fingerprint density at radius 3 is 2.61 bits per heavy atom. The van der Waals surface area contributed by atoms with Crippen LogP contribution in [0, 0.1) is 0 Å². The number of hydrogen-bond acceptors (Lipinski definition) is 9. The molecule has 4 rings (SSSR count). The molecule has 0 bridgehead atoms. The summed E-state index contributed by atoms with van der Waals surface area (Å²) in [5, 5.41) is 37.7. The summed E-state index contributed by atoms with van der Waals surface area (Å²) in [4.78, 5) is 13.3. The van der Waals surface area contributed by atoms with Crippen LogP contribution in [0.1, 0.15) is 65.4 Å². The standard InChI is InChI=1S/C24H28N8O3.Na/c1-3-5-21-18(9-12-20(16(2)33)24(21)34)15-35-19-10-7-17(8-11-19)14-23-27-31-32(28-23)13-4-6-22-25-29-30-26-22;/h7-12H,3-6,13-15H2,1-2H3,(H2,25,26,29,30,33,34);/q;+1/p-1. The molecule has 0 saturated heterocycles. The Balaban J connectivity index is 0.00000361. The van der Waals surface area contributed by atoms with Gasteiger partial charge in [-0.2, -0.15) is 10.0 Å². The number of rotatable bonds is 12. The Kier molecular flexibility index (Phi) is 10.1. The van der Waals surface area contributed by atoms with Crippen LogP contribution in [-0.4, -0.2) is 46.6 Å². The number of nitrogens with zero attached hydrogens (tertiary/aromatic N) is 8. The third-order valence-corrected chi connectivity index (χ3v) is 5.55. The number of Topliss-reactive ketones (excluding diaryl/α,β-unsaturated/α-hetero) is 1. The molecule has 0 amide bonds. The summed E-state index contributed by atoms with van der Waals surface area (Å²) >= 11 is 0. The minimum atomic E-state index is -0.153. The SMILES string of the molecule is CCCc1c(COc2ccc(Cc3nnn(CCCc4nnn[n-]4)n3)cc2)ccc(C(C)=O)c1O.[Na+]. The molecule has 2 aromatic carbocycles. The van der Waals surface area contributed by atoms with Gasteiger partial charge in [0.05, 0.1) is 12.1 Å². The third kappa shape index (κ3) is 7.19. The second-order valence-corrected chi connectivity index (χ2v) is 8.22. The molecule has 2 heterocycles. The first kappa shape index (κ1) is 27.4. The fourth-order valence-corrected chi connectivity index (χ4v) is 3.76. The van der Waals surface area contributed by atoms with Gasteiger partial charge in [-0.25, -0.2) is 0 Å². The number of benzene rings is 2. The first-order valence-electron chi connectivity index (χ1n) is 11.5. The number of hydrogen-bond donors (Lipinski definition) is 1. The molecule has 1 N–H and O–H groups in total. The molecule has 0 saturated carbocycles. The van der Waals surface area contributed by atoms with E-state index in [-0.39, 0.29) is 41.1 Å². The number of carbonyl (C=O) groups excluding carboxylic acids is 1. The maximum Gasteiger partial charge on any atom is 1.00 e. The maximum absolute atomic E-state index is 11.8. The van der Waals surface area contributed by atoms with Crippen molar-refractivity contribution in [2.45, 2.75) is 59.1 Å². The van der Waals surface area contributed by atoms with Crippen molar-refractivity contribution in [3.63, 3.8) is 0 Å². The topological polar surface area (TPSA) is 143 Å². The van der Waals surface area contributed by atoms with Gasteiger partial charge in [0, 0.05) is 17.8 Å². The van der Waals surface area contributed by atoms with Gasteiger partial charge >= 0.3 is 29.6 Å². The van der Waals surface area contributed by atoms with Crippen LogP contribution in [0.2, 0.25) is 0 Å². The van der Waals surface area contributed by atoms with E-state index in [1.807, 2.05) is 37.3 Å². The van der Waals surface area contributed by atoms with Crippen molar-refractivity contribution in [3.8, 4) is 11.5 Å². The van der Waals surface area contributed by atoms with E-state index < -0.39 is 0 Å². The molecule has 0 spiro atoms. The minimum Gasteiger partial charge on any atom is -0.507 e. The minimum absolute atomic E-state index is 0. The van der Waals surface area contributed by atoms with Crippen molar-refractivity contribution in [1.29, 1.82) is 0 Å². The van der Waals surface area contributed by atoms with E-state index in [9.17, 15) is 9.90 Å². The molecular formula is C24H27N8NaO3. The Bertz CT molecular complexity index is 1260. The molecule has 0 radical (unpaired) electrons. The third-order valence-electron chi connectivity index (χ3n) is 5.55. The zero-order valence-corrected chi connectivity index (χ0v) is 22.8. The van der Waals surface area contributed by atoms with Crippen LogP contribution in [-0.2, 0) is 32.4 Å². The number of aryl methyl sites for hydroxylation is 2. The van der Waals surface area contributed by atoms with Gasteiger partial charge < -0.3 is 14.9 Å². The molecule has 2 aromatic heterocycles. The fourth-order valence-electron chi connectivity index (χ4n) is 3.76. The largest absolute Gasteiger partial charge is 1.00 e. The van der Waals surface area contributed by atoms with E-state index in [1.165, 1.54) is 6.92 Å². The molecule has 0 aliphatic heterocycles. The number of aromatic nitrogens is 8. The van der Waals surface area contributed by atoms with Crippen molar-refractivity contribution < 1.29 is 44.2 Å². The van der Waals surface area contributed by atoms with Crippen molar-refractivity contribution in [2.24, 2.45) is 0 Å². The van der Waals surface area contributed by atoms with E-state index >= 15 is 0 Å². The van der Waals surface area contributed by atoms with Crippen LogP contribution >= 0.6 is 0 Å². The average molecular weight is 499 g/mol. The van der Waals surface area contributed by atoms with Crippen LogP contribution < -0.4 is 39.4 Å². The molecule has 0 aliphatic rings. The van der Waals surface area contributed by atoms with Gasteiger partial charge in [0.1, 0.15) is 18.1 Å². The number of phenols is 1. The first-order chi connectivity index (χ1) is 17.0. The number of phenolic OH excluding ortho intramolecular Hbond substituents is 1. The monoisotopic (exact) mass is 498 g/mol. The molecule has 0 unspecified atom stereocenters. The molecule has 36 heavy (non-hydrogen) atoms. The van der Waals surface area contributed by atoms with E-state index in [0.29, 0.717) is 55.4 Å². The van der Waals surface area contributed by atoms with Gasteiger partial charge in [-0.3, -0.25) is 15.1 Å². The van der Waals surface area contributed by atoms with Gasteiger partial charge in [-0.1, -0.05) is 31.5 Å². The second-order valence-electron chi connectivity index (χ2n) is 8.22. The van der Waals surface area contributed by atoms with Crippen LogP contribution in [0.3, 0.4) is 0 Å². The molecule has 0 aliphatic carbocycles. The molecule has 0 atom stereocenters. The smallest absolute Gasteiger partial charge is 0.507 e. The number of ether oxygens (including phenoxy) is 1. The number of aromatic hydroxyl groups is 1. The van der Waals surface area contributed by atoms with Crippen molar-refractivity contribution in [1.82, 2.24) is 40.8 Å². The van der Waals surface area contributed by atoms with Crippen molar-refractivity contribution in [2.75, 3.05) is 0 Å². The summed E-state index contributed by atoms with van der Waals surface area (Å²) < 4.78 is 5.96. The molecule has 4 aromatic rings. The van der Waals surface area contributed by atoms with Crippen LogP contribution in [0.5, 0.6) is 11.5 Å². The van der Waals surface area contributed by atoms with Gasteiger partial charge in [0.15, 0.2) is 11.6 Å². The quantitative estimate of drug-likeness (QED) is 0.200. The van der Waals surface area contributed by atoms with E-state index in [1.54, 1.807) is 10.9 Å². The summed E-state index contributed by atoms with van der Waals surface area (Å²) in [6.45, 7) is 4.40. The molecule has 11 nitrogen and oxygen atoms in total. The zero-order valence-electron chi connectivity index (χ0n) is 20.8. The normalized spacial score (nSPS) is 10.7. The number of ketones is 1. The predicted molar refractivity (Wildman–Crippen MR) is 125 cm³/mol. The van der Waals surface area contributed by atoms with Crippen LogP contribution in [0.4, 0.5) is 0 Å². The summed E-state index contributed by atoms with van der Waals surface area (Å²) in [5.41, 5.74) is 3.02. The Morgan fingerprint density at radius 1 is 1.11 bits per heavy atom. The number of tetrazole rings is 2. The summed E-state index contributed by atoms with van der Waals surface area (Å²) in [5.74, 6) is 1.86. The molecule has 0 fully saturated rings. The van der Waals surface area contributed by atoms with Gasteiger partial charge in [0.2, 0.25) is 0 Å². The first-order valence-corrected chi connectivity index (χ1v) is 11.5. The van der Waals surface area contributed by atoms with Crippen LogP contribution in [0.15, 0.2) is 36.4 Å². The summed E-state index contributed by atoms with van der Waals surface area (Å²) in [7, 11) is 0. The Labute approximate surface area is 230 Å². The van der Waals surface area contributed by atoms with Gasteiger partial charge in [-0.05, 0) is 60.7 Å². The van der Waals surface area contributed by atoms with E-state index in [4.69, 9.17) is 4.74 Å². The van der Waals surface area contributed by atoms with Crippen molar-refractivity contribution in [3.05, 3.63) is 70.3 Å². The Hall–Kier alpha value is -3.15. The maximum atomic E-state index is 11.8. The second kappa shape index (κ2) is 13.2. The summed E-state index contributed by atoms with van der Waals surface area (Å²) in [6, 6.07) is 11.2. The van der Waals surface area contributed by atoms with E-state index in [0.717, 1.165) is 29.5 Å². The van der Waals surface area contributed by atoms with Crippen molar-refractivity contribution >= 4 is 5.78 Å². The van der Waals surface area contributed by atoms with E-state index in [2.05, 4.69) is 36.0 Å². The Morgan fingerprint density at radius 2 is 1.92 bits per heavy atom. The molecule has 12 heteroatoms. The molecular weight excluding hydrogens is 471 g/mol. The molecule has 182 valence electrons.